The van der Waals surface area contributed by atoms with Crippen LogP contribution >= 0.6 is 0 Å². The van der Waals surface area contributed by atoms with E-state index >= 15 is 0 Å². The maximum absolute atomic E-state index is 11.1. The monoisotopic (exact) mass is 188 g/mol. The molecular weight excluding hydrogens is 178 g/mol. The van der Waals surface area contributed by atoms with Gasteiger partial charge in [-0.05, 0) is 5.56 Å². The average molecular weight is 188 g/mol. The molecule has 0 saturated carbocycles. The molecule has 4 heteroatoms. The zero-order valence-electron chi connectivity index (χ0n) is 7.55. The number of nitrogens with one attached hydrogen (secondary N) is 1. The fourth-order valence-electron chi connectivity index (χ4n) is 1.15. The number of benzene rings is 1. The van der Waals surface area contributed by atoms with Crippen LogP contribution in [0.15, 0.2) is 35.4 Å². The van der Waals surface area contributed by atoms with Crippen molar-refractivity contribution in [3.63, 3.8) is 0 Å². The minimum atomic E-state index is -0.183. The number of hydrogen-bond donors (Lipinski definition) is 1. The quantitative estimate of drug-likeness (QED) is 0.696. The molecule has 1 N–H and O–H groups in total. The molecule has 14 heavy (non-hydrogen) atoms. The van der Waals surface area contributed by atoms with Crippen LogP contribution in [0.3, 0.4) is 0 Å². The normalized spacial score (nSPS) is 16.3. The molecule has 2 rings (SSSR count). The van der Waals surface area contributed by atoms with Gasteiger partial charge in [0.25, 0.3) is 0 Å². The summed E-state index contributed by atoms with van der Waals surface area (Å²) in [5.74, 6) is 0. The van der Waals surface area contributed by atoms with E-state index in [9.17, 15) is 4.79 Å². The lowest BCUT2D eigenvalue weighted by molar-refractivity contribution is 0.224. The highest BCUT2D eigenvalue weighted by atomic mass is 16.2. The number of hydrogen-bond acceptors (Lipinski definition) is 2. The van der Waals surface area contributed by atoms with Gasteiger partial charge in [0.15, 0.2) is 0 Å². The summed E-state index contributed by atoms with van der Waals surface area (Å²) in [6.45, 7) is 2.24. The summed E-state index contributed by atoms with van der Waals surface area (Å²) in [6.07, 6.45) is 1.65. The van der Waals surface area contributed by atoms with Crippen LogP contribution in [0.1, 0.15) is 5.56 Å². The fourth-order valence-corrected chi connectivity index (χ4v) is 1.15. The van der Waals surface area contributed by atoms with Crippen molar-refractivity contribution in [3.8, 4) is 0 Å². The zero-order chi connectivity index (χ0) is 9.80. The molecule has 0 atom stereocenters. The lowest BCUT2D eigenvalue weighted by Gasteiger charge is -2.04. The summed E-state index contributed by atoms with van der Waals surface area (Å²) < 4.78 is 0. The Hall–Kier alpha value is -1.84. The van der Waals surface area contributed by atoms with Gasteiger partial charge in [-0.1, -0.05) is 30.3 Å². The molecule has 1 aromatic carbocycles. The molecule has 0 unspecified atom stereocenters. The van der Waals surface area contributed by atoms with E-state index in [1.165, 1.54) is 5.01 Å². The molecule has 71 valence electrons. The Morgan fingerprint density at radius 1 is 1.36 bits per heavy atom. The van der Waals surface area contributed by atoms with Crippen molar-refractivity contribution in [2.24, 2.45) is 5.10 Å². The van der Waals surface area contributed by atoms with Crippen LogP contribution in [-0.2, 0) is 0 Å². The molecule has 2 amide bonds. The SMILES string of the molecule is O=C1NC[CH]N1N=Cc1ccccc1. The largest absolute Gasteiger partial charge is 0.338 e. The molecule has 1 aromatic rings. The molecule has 1 aliphatic heterocycles. The molecule has 0 spiro atoms. The first-order chi connectivity index (χ1) is 6.86. The van der Waals surface area contributed by atoms with Crippen LogP contribution < -0.4 is 5.32 Å². The Balaban J connectivity index is 2.03. The third-order valence-electron chi connectivity index (χ3n) is 1.86. The van der Waals surface area contributed by atoms with Crippen LogP contribution in [0.25, 0.3) is 0 Å². The summed E-state index contributed by atoms with van der Waals surface area (Å²) in [5, 5.41) is 7.94. The highest BCUT2D eigenvalue weighted by Gasteiger charge is 2.18. The highest BCUT2D eigenvalue weighted by molar-refractivity contribution is 5.83. The lowest BCUT2D eigenvalue weighted by Crippen LogP contribution is -2.22. The summed E-state index contributed by atoms with van der Waals surface area (Å²) in [4.78, 5) is 11.1. The minimum Gasteiger partial charge on any atom is -0.334 e. The predicted molar refractivity (Wildman–Crippen MR) is 53.6 cm³/mol. The van der Waals surface area contributed by atoms with Crippen LogP contribution in [0.5, 0.6) is 0 Å². The lowest BCUT2D eigenvalue weighted by atomic mass is 10.2. The second kappa shape index (κ2) is 3.91. The molecular formula is C10H10N3O. The van der Waals surface area contributed by atoms with E-state index in [-0.39, 0.29) is 6.03 Å². The number of carbonyl (C=O) groups excluding carboxylic acids is 1. The zero-order valence-corrected chi connectivity index (χ0v) is 7.55. The molecule has 0 bridgehead atoms. The topological polar surface area (TPSA) is 44.7 Å². The Morgan fingerprint density at radius 3 is 2.79 bits per heavy atom. The number of nitrogens with zero attached hydrogens (tertiary/aromatic N) is 2. The first-order valence-corrected chi connectivity index (χ1v) is 4.36. The van der Waals surface area contributed by atoms with Crippen LogP contribution in [0.2, 0.25) is 0 Å². The number of hydrazone groups is 1. The van der Waals surface area contributed by atoms with E-state index in [1.807, 2.05) is 30.3 Å². The van der Waals surface area contributed by atoms with Crippen LogP contribution in [-0.4, -0.2) is 23.8 Å². The van der Waals surface area contributed by atoms with Gasteiger partial charge in [-0.2, -0.15) is 5.10 Å². The Labute approximate surface area is 82.2 Å². The molecule has 1 fully saturated rings. The predicted octanol–water partition coefficient (Wildman–Crippen LogP) is 1.21. The van der Waals surface area contributed by atoms with Crippen molar-refractivity contribution in [2.45, 2.75) is 0 Å². The Kier molecular flexibility index (Phi) is 2.44. The van der Waals surface area contributed by atoms with E-state index in [4.69, 9.17) is 0 Å². The maximum Gasteiger partial charge on any atom is 0.338 e. The van der Waals surface area contributed by atoms with E-state index in [0.717, 1.165) is 5.56 Å². The number of amides is 2. The van der Waals surface area contributed by atoms with Crippen molar-refractivity contribution >= 4 is 12.2 Å². The number of rotatable bonds is 2. The van der Waals surface area contributed by atoms with Gasteiger partial charge in [-0.25, -0.2) is 9.80 Å². The van der Waals surface area contributed by atoms with Crippen LogP contribution in [0, 0.1) is 6.54 Å². The van der Waals surface area contributed by atoms with E-state index in [2.05, 4.69) is 10.4 Å². The molecule has 1 saturated heterocycles. The van der Waals surface area contributed by atoms with Gasteiger partial charge < -0.3 is 5.32 Å². The minimum absolute atomic E-state index is 0.183. The second-order valence-corrected chi connectivity index (χ2v) is 2.87. The fraction of sp³-hybridized carbons (Fsp3) is 0.100. The van der Waals surface area contributed by atoms with Crippen molar-refractivity contribution in [1.82, 2.24) is 10.3 Å². The van der Waals surface area contributed by atoms with Crippen molar-refractivity contribution in [3.05, 3.63) is 42.4 Å². The average Bonchev–Trinajstić information content (AvgIpc) is 2.63. The summed E-state index contributed by atoms with van der Waals surface area (Å²) in [5.41, 5.74) is 0.973. The molecule has 1 heterocycles. The Bertz CT molecular complexity index is 348. The van der Waals surface area contributed by atoms with Gasteiger partial charge in [0, 0.05) is 6.54 Å². The second-order valence-electron chi connectivity index (χ2n) is 2.87. The first kappa shape index (κ1) is 8.74. The third kappa shape index (κ3) is 1.90. The molecule has 1 radical (unpaired) electrons. The van der Waals surface area contributed by atoms with Crippen molar-refractivity contribution in [2.75, 3.05) is 6.54 Å². The standard InChI is InChI=1S/C10H10N3O/c14-10-11-6-7-13(10)12-8-9-4-2-1-3-5-9/h1-5,7-8H,6H2,(H,11,14). The molecule has 4 nitrogen and oxygen atoms in total. The highest BCUT2D eigenvalue weighted by Crippen LogP contribution is 2.02. The summed E-state index contributed by atoms with van der Waals surface area (Å²) in [6, 6.07) is 9.46. The molecule has 0 aromatic heterocycles. The Morgan fingerprint density at radius 2 is 2.14 bits per heavy atom. The van der Waals surface area contributed by atoms with E-state index < -0.39 is 0 Å². The van der Waals surface area contributed by atoms with Gasteiger partial charge in [-0.3, -0.25) is 0 Å². The maximum atomic E-state index is 11.1. The van der Waals surface area contributed by atoms with Gasteiger partial charge in [0.05, 0.1) is 12.8 Å². The van der Waals surface area contributed by atoms with E-state index in [1.54, 1.807) is 12.8 Å². The van der Waals surface area contributed by atoms with Gasteiger partial charge in [0.1, 0.15) is 0 Å². The molecule has 1 aliphatic rings. The van der Waals surface area contributed by atoms with Crippen molar-refractivity contribution < 1.29 is 4.79 Å². The number of carbonyl (C=O) groups is 1. The summed E-state index contributed by atoms with van der Waals surface area (Å²) >= 11 is 0. The van der Waals surface area contributed by atoms with Gasteiger partial charge in [0.2, 0.25) is 0 Å². The molecule has 0 aliphatic carbocycles. The van der Waals surface area contributed by atoms with Crippen molar-refractivity contribution in [1.29, 1.82) is 0 Å². The first-order valence-electron chi connectivity index (χ1n) is 4.36. The number of urea groups is 1. The summed E-state index contributed by atoms with van der Waals surface area (Å²) in [7, 11) is 0. The van der Waals surface area contributed by atoms with Gasteiger partial charge in [-0.15, -0.1) is 0 Å². The van der Waals surface area contributed by atoms with E-state index in [0.29, 0.717) is 6.54 Å². The van der Waals surface area contributed by atoms with Crippen LogP contribution in [0.4, 0.5) is 4.79 Å². The third-order valence-corrected chi connectivity index (χ3v) is 1.86. The van der Waals surface area contributed by atoms with Gasteiger partial charge >= 0.3 is 6.03 Å². The smallest absolute Gasteiger partial charge is 0.334 e.